The Balaban J connectivity index is 1.50. The highest BCUT2D eigenvalue weighted by atomic mass is 16.5. The third kappa shape index (κ3) is 6.10. The lowest BCUT2D eigenvalue weighted by molar-refractivity contribution is -0.118. The summed E-state index contributed by atoms with van der Waals surface area (Å²) in [6, 6.07) is 21.8. The summed E-state index contributed by atoms with van der Waals surface area (Å²) in [6.45, 7) is 3.67. The zero-order valence-electron chi connectivity index (χ0n) is 17.0. The minimum absolute atomic E-state index is 0.104. The number of ether oxygens (including phenoxy) is 2. The van der Waals surface area contributed by atoms with Gasteiger partial charge in [-0.3, -0.25) is 9.59 Å². The van der Waals surface area contributed by atoms with Crippen LogP contribution in [0.25, 0.3) is 0 Å². The Labute approximate surface area is 175 Å². The van der Waals surface area contributed by atoms with Gasteiger partial charge >= 0.3 is 0 Å². The zero-order chi connectivity index (χ0) is 21.3. The van der Waals surface area contributed by atoms with E-state index in [2.05, 4.69) is 10.6 Å². The topological polar surface area (TPSA) is 76.7 Å². The summed E-state index contributed by atoms with van der Waals surface area (Å²) in [6.07, 6.45) is 0. The average Bonchev–Trinajstić information content (AvgIpc) is 2.73. The molecule has 0 heterocycles. The number of para-hydroxylation sites is 2. The van der Waals surface area contributed by atoms with E-state index in [-0.39, 0.29) is 25.0 Å². The van der Waals surface area contributed by atoms with E-state index in [0.717, 1.165) is 11.1 Å². The quantitative estimate of drug-likeness (QED) is 0.586. The molecule has 6 nitrogen and oxygen atoms in total. The molecule has 30 heavy (non-hydrogen) atoms. The molecule has 3 aromatic carbocycles. The van der Waals surface area contributed by atoms with Crippen LogP contribution in [0.2, 0.25) is 0 Å². The van der Waals surface area contributed by atoms with E-state index in [1.807, 2.05) is 50.2 Å². The second-order valence-corrected chi connectivity index (χ2v) is 6.79. The summed E-state index contributed by atoms with van der Waals surface area (Å²) >= 11 is 0. The fraction of sp³-hybridized carbons (Fsp3) is 0.167. The van der Waals surface area contributed by atoms with Crippen molar-refractivity contribution in [2.24, 2.45) is 0 Å². The number of carbonyl (C=O) groups is 2. The van der Waals surface area contributed by atoms with E-state index in [1.165, 1.54) is 0 Å². The molecule has 0 aliphatic carbocycles. The van der Waals surface area contributed by atoms with Gasteiger partial charge in [0.05, 0.1) is 0 Å². The van der Waals surface area contributed by atoms with Crippen molar-refractivity contribution in [2.75, 3.05) is 23.8 Å². The van der Waals surface area contributed by atoms with Crippen LogP contribution in [-0.4, -0.2) is 25.0 Å². The minimum atomic E-state index is -0.291. The van der Waals surface area contributed by atoms with Crippen LogP contribution in [0.4, 0.5) is 11.4 Å². The molecule has 0 spiro atoms. The Morgan fingerprint density at radius 3 is 1.83 bits per heavy atom. The van der Waals surface area contributed by atoms with Gasteiger partial charge in [-0.2, -0.15) is 0 Å². The molecule has 0 aliphatic heterocycles. The number of rotatable bonds is 8. The Morgan fingerprint density at radius 1 is 0.700 bits per heavy atom. The van der Waals surface area contributed by atoms with E-state index < -0.39 is 0 Å². The van der Waals surface area contributed by atoms with Crippen LogP contribution in [0.1, 0.15) is 11.1 Å². The number of carbonyl (C=O) groups excluding carboxylic acids is 2. The summed E-state index contributed by atoms with van der Waals surface area (Å²) in [5, 5.41) is 5.53. The Hall–Kier alpha value is -3.80. The smallest absolute Gasteiger partial charge is 0.262 e. The second kappa shape index (κ2) is 10.1. The third-order valence-corrected chi connectivity index (χ3v) is 4.30. The molecule has 0 radical (unpaired) electrons. The molecule has 0 unspecified atom stereocenters. The number of nitrogens with one attached hydrogen (secondary N) is 2. The molecule has 0 aliphatic rings. The fourth-order valence-corrected chi connectivity index (χ4v) is 2.90. The molecule has 2 N–H and O–H groups in total. The van der Waals surface area contributed by atoms with Crippen molar-refractivity contribution in [3.05, 3.63) is 83.9 Å². The van der Waals surface area contributed by atoms with Gasteiger partial charge in [0, 0.05) is 11.4 Å². The maximum Gasteiger partial charge on any atom is 0.262 e. The molecule has 6 heteroatoms. The normalized spacial score (nSPS) is 10.2. The van der Waals surface area contributed by atoms with Crippen LogP contribution in [0.3, 0.4) is 0 Å². The van der Waals surface area contributed by atoms with E-state index >= 15 is 0 Å². The number of hydrogen-bond donors (Lipinski definition) is 2. The molecule has 154 valence electrons. The molecule has 0 bridgehead atoms. The van der Waals surface area contributed by atoms with Crippen LogP contribution < -0.4 is 20.1 Å². The lowest BCUT2D eigenvalue weighted by Gasteiger charge is -2.12. The fourth-order valence-electron chi connectivity index (χ4n) is 2.90. The minimum Gasteiger partial charge on any atom is -0.484 e. The Bertz CT molecular complexity index is 998. The molecular formula is C24H24N2O4. The summed E-state index contributed by atoms with van der Waals surface area (Å²) in [5.74, 6) is 0.763. The van der Waals surface area contributed by atoms with Crippen molar-refractivity contribution in [1.29, 1.82) is 0 Å². The van der Waals surface area contributed by atoms with Gasteiger partial charge in [0.1, 0.15) is 11.5 Å². The maximum atomic E-state index is 12.3. The average molecular weight is 404 g/mol. The molecule has 2 amide bonds. The summed E-state index contributed by atoms with van der Waals surface area (Å²) in [7, 11) is 0. The second-order valence-electron chi connectivity index (χ2n) is 6.79. The molecule has 0 fully saturated rings. The van der Waals surface area contributed by atoms with Crippen LogP contribution in [-0.2, 0) is 9.59 Å². The van der Waals surface area contributed by atoms with Gasteiger partial charge in [-0.05, 0) is 55.3 Å². The Kier molecular flexibility index (Phi) is 7.05. The monoisotopic (exact) mass is 404 g/mol. The first-order chi connectivity index (χ1) is 14.5. The van der Waals surface area contributed by atoms with Crippen molar-refractivity contribution in [1.82, 2.24) is 0 Å². The summed E-state index contributed by atoms with van der Waals surface area (Å²) < 4.78 is 11.1. The van der Waals surface area contributed by atoms with Crippen LogP contribution >= 0.6 is 0 Å². The highest BCUT2D eigenvalue weighted by molar-refractivity contribution is 5.95. The molecular weight excluding hydrogens is 380 g/mol. The Morgan fingerprint density at radius 2 is 1.23 bits per heavy atom. The molecule has 3 aromatic rings. The lowest BCUT2D eigenvalue weighted by Crippen LogP contribution is -2.22. The molecule has 0 saturated heterocycles. The first kappa shape index (κ1) is 20.9. The van der Waals surface area contributed by atoms with Gasteiger partial charge in [0.15, 0.2) is 13.2 Å². The van der Waals surface area contributed by atoms with Gasteiger partial charge in [-0.25, -0.2) is 0 Å². The number of anilines is 2. The van der Waals surface area contributed by atoms with Gasteiger partial charge in [-0.1, -0.05) is 42.5 Å². The van der Waals surface area contributed by atoms with Crippen molar-refractivity contribution in [2.45, 2.75) is 13.8 Å². The summed E-state index contributed by atoms with van der Waals surface area (Å²) in [4.78, 5) is 24.4. The standard InChI is InChI=1S/C24H24N2O4/c1-17-8-6-9-18(2)24(17)30-16-23(28)26-20-11-7-10-19(14-20)25-22(27)15-29-21-12-4-3-5-13-21/h3-14H,15-16H2,1-2H3,(H,25,27)(H,26,28). The van der Waals surface area contributed by atoms with Gasteiger partial charge in [-0.15, -0.1) is 0 Å². The highest BCUT2D eigenvalue weighted by Crippen LogP contribution is 2.22. The largest absolute Gasteiger partial charge is 0.484 e. The van der Waals surface area contributed by atoms with Gasteiger partial charge in [0.25, 0.3) is 11.8 Å². The number of amides is 2. The predicted octanol–water partition coefficient (Wildman–Crippen LogP) is 4.34. The van der Waals surface area contributed by atoms with Crippen molar-refractivity contribution < 1.29 is 19.1 Å². The SMILES string of the molecule is Cc1cccc(C)c1OCC(=O)Nc1cccc(NC(=O)COc2ccccc2)c1. The maximum absolute atomic E-state index is 12.3. The van der Waals surface area contributed by atoms with Gasteiger partial charge in [0.2, 0.25) is 0 Å². The summed E-state index contributed by atoms with van der Waals surface area (Å²) in [5.41, 5.74) is 3.08. The van der Waals surface area contributed by atoms with E-state index in [1.54, 1.807) is 36.4 Å². The number of benzene rings is 3. The first-order valence-corrected chi connectivity index (χ1v) is 9.58. The van der Waals surface area contributed by atoms with E-state index in [0.29, 0.717) is 22.9 Å². The molecule has 0 aromatic heterocycles. The van der Waals surface area contributed by atoms with Crippen molar-refractivity contribution in [3.63, 3.8) is 0 Å². The first-order valence-electron chi connectivity index (χ1n) is 9.58. The molecule has 0 atom stereocenters. The van der Waals surface area contributed by atoms with Gasteiger partial charge < -0.3 is 20.1 Å². The molecule has 0 saturated carbocycles. The lowest BCUT2D eigenvalue weighted by atomic mass is 10.1. The number of aryl methyl sites for hydroxylation is 2. The number of hydrogen-bond acceptors (Lipinski definition) is 4. The predicted molar refractivity (Wildman–Crippen MR) is 117 cm³/mol. The van der Waals surface area contributed by atoms with Crippen LogP contribution in [0.15, 0.2) is 72.8 Å². The third-order valence-electron chi connectivity index (χ3n) is 4.30. The van der Waals surface area contributed by atoms with Crippen LogP contribution in [0, 0.1) is 13.8 Å². The molecule has 3 rings (SSSR count). The van der Waals surface area contributed by atoms with Crippen molar-refractivity contribution >= 4 is 23.2 Å². The van der Waals surface area contributed by atoms with E-state index in [9.17, 15) is 9.59 Å². The zero-order valence-corrected chi connectivity index (χ0v) is 17.0. The highest BCUT2D eigenvalue weighted by Gasteiger charge is 2.09. The van der Waals surface area contributed by atoms with Crippen LogP contribution in [0.5, 0.6) is 11.5 Å². The van der Waals surface area contributed by atoms with Crippen molar-refractivity contribution in [3.8, 4) is 11.5 Å². The van der Waals surface area contributed by atoms with E-state index in [4.69, 9.17) is 9.47 Å².